The Labute approximate surface area is 158 Å². The molecule has 0 saturated carbocycles. The van der Waals surface area contributed by atoms with Crippen LogP contribution >= 0.6 is 0 Å². The van der Waals surface area contributed by atoms with Crippen molar-refractivity contribution in [2.45, 2.75) is 0 Å². The average Bonchev–Trinajstić information content (AvgIpc) is 2.73. The first kappa shape index (κ1) is 16.8. The van der Waals surface area contributed by atoms with Crippen LogP contribution in [0.15, 0.2) is 84.9 Å². The van der Waals surface area contributed by atoms with Gasteiger partial charge in [-0.1, -0.05) is 60.4 Å². The zero-order valence-corrected chi connectivity index (χ0v) is 14.9. The van der Waals surface area contributed by atoms with Gasteiger partial charge in [0.05, 0.1) is 7.11 Å². The van der Waals surface area contributed by atoms with Crippen LogP contribution in [0.25, 0.3) is 21.9 Å². The standard InChI is InChI=1S/C25H18O2/c1-27-21-14-15-22-23(17-21)25(19-10-6-3-7-11-19)20(16-24(22)26)13-12-18-8-4-2-5-9-18/h2-11,14-17,26H,1H3. The molecule has 1 N–H and O–H groups in total. The summed E-state index contributed by atoms with van der Waals surface area (Å²) in [5, 5.41) is 12.3. The minimum atomic E-state index is 0.213. The molecule has 0 saturated heterocycles. The third-order valence-corrected chi connectivity index (χ3v) is 4.50. The fourth-order valence-corrected chi connectivity index (χ4v) is 3.19. The van der Waals surface area contributed by atoms with Crippen molar-refractivity contribution >= 4 is 10.8 Å². The summed E-state index contributed by atoms with van der Waals surface area (Å²) in [6.07, 6.45) is 0. The molecule has 0 unspecified atom stereocenters. The maximum atomic E-state index is 10.6. The normalized spacial score (nSPS) is 10.3. The lowest BCUT2D eigenvalue weighted by atomic mass is 9.92. The van der Waals surface area contributed by atoms with Crippen LogP contribution in [0.3, 0.4) is 0 Å². The smallest absolute Gasteiger partial charge is 0.124 e. The predicted molar refractivity (Wildman–Crippen MR) is 110 cm³/mol. The van der Waals surface area contributed by atoms with Crippen molar-refractivity contribution in [3.63, 3.8) is 0 Å². The van der Waals surface area contributed by atoms with Crippen molar-refractivity contribution in [2.24, 2.45) is 0 Å². The van der Waals surface area contributed by atoms with Crippen LogP contribution < -0.4 is 4.74 Å². The second kappa shape index (κ2) is 7.27. The van der Waals surface area contributed by atoms with E-state index in [0.717, 1.165) is 38.8 Å². The van der Waals surface area contributed by atoms with E-state index in [-0.39, 0.29) is 5.75 Å². The second-order valence-corrected chi connectivity index (χ2v) is 6.21. The summed E-state index contributed by atoms with van der Waals surface area (Å²) in [6.45, 7) is 0. The highest BCUT2D eigenvalue weighted by molar-refractivity contribution is 6.03. The number of phenols is 1. The van der Waals surface area contributed by atoms with Crippen LogP contribution in [0.1, 0.15) is 11.1 Å². The molecule has 130 valence electrons. The van der Waals surface area contributed by atoms with Crippen molar-refractivity contribution in [1.82, 2.24) is 0 Å². The molecule has 0 radical (unpaired) electrons. The Morgan fingerprint density at radius 2 is 1.44 bits per heavy atom. The Morgan fingerprint density at radius 1 is 0.741 bits per heavy atom. The van der Waals surface area contributed by atoms with Crippen LogP contribution in [-0.4, -0.2) is 12.2 Å². The Kier molecular flexibility index (Phi) is 4.51. The summed E-state index contributed by atoms with van der Waals surface area (Å²) in [6, 6.07) is 27.4. The zero-order chi connectivity index (χ0) is 18.6. The number of rotatable bonds is 2. The van der Waals surface area contributed by atoms with Crippen LogP contribution in [0.2, 0.25) is 0 Å². The maximum Gasteiger partial charge on any atom is 0.124 e. The molecule has 4 rings (SSSR count). The lowest BCUT2D eigenvalue weighted by molar-refractivity contribution is 0.415. The van der Waals surface area contributed by atoms with E-state index in [1.807, 2.05) is 66.7 Å². The second-order valence-electron chi connectivity index (χ2n) is 6.21. The van der Waals surface area contributed by atoms with Crippen molar-refractivity contribution in [1.29, 1.82) is 0 Å². The van der Waals surface area contributed by atoms with Gasteiger partial charge in [0.15, 0.2) is 0 Å². The van der Waals surface area contributed by atoms with E-state index in [1.165, 1.54) is 0 Å². The number of benzene rings is 4. The zero-order valence-electron chi connectivity index (χ0n) is 14.9. The van der Waals surface area contributed by atoms with Gasteiger partial charge in [0, 0.05) is 22.1 Å². The Balaban J connectivity index is 2.02. The molecule has 0 amide bonds. The van der Waals surface area contributed by atoms with Gasteiger partial charge in [-0.25, -0.2) is 0 Å². The van der Waals surface area contributed by atoms with Gasteiger partial charge in [0.2, 0.25) is 0 Å². The number of fused-ring (bicyclic) bond motifs is 1. The van der Waals surface area contributed by atoms with Gasteiger partial charge < -0.3 is 9.84 Å². The topological polar surface area (TPSA) is 29.5 Å². The first-order valence-electron chi connectivity index (χ1n) is 8.72. The molecule has 4 aromatic carbocycles. The Morgan fingerprint density at radius 3 is 2.15 bits per heavy atom. The Hall–Kier alpha value is -3.70. The van der Waals surface area contributed by atoms with E-state index < -0.39 is 0 Å². The number of aromatic hydroxyl groups is 1. The highest BCUT2D eigenvalue weighted by Gasteiger charge is 2.13. The highest BCUT2D eigenvalue weighted by atomic mass is 16.5. The molecule has 2 nitrogen and oxygen atoms in total. The van der Waals surface area contributed by atoms with Gasteiger partial charge in [-0.3, -0.25) is 0 Å². The third kappa shape index (κ3) is 3.36. The number of hydrogen-bond donors (Lipinski definition) is 1. The third-order valence-electron chi connectivity index (χ3n) is 4.50. The fourth-order valence-electron chi connectivity index (χ4n) is 3.19. The summed E-state index contributed by atoms with van der Waals surface area (Å²) >= 11 is 0. The molecule has 0 heterocycles. The average molecular weight is 350 g/mol. The molecule has 0 bridgehead atoms. The largest absolute Gasteiger partial charge is 0.507 e. The summed E-state index contributed by atoms with van der Waals surface area (Å²) < 4.78 is 5.40. The molecule has 27 heavy (non-hydrogen) atoms. The van der Waals surface area contributed by atoms with Crippen LogP contribution in [0.5, 0.6) is 11.5 Å². The minimum absolute atomic E-state index is 0.213. The van der Waals surface area contributed by atoms with Gasteiger partial charge in [0.25, 0.3) is 0 Å². The van der Waals surface area contributed by atoms with E-state index in [9.17, 15) is 5.11 Å². The first-order valence-corrected chi connectivity index (χ1v) is 8.72. The lowest BCUT2D eigenvalue weighted by Gasteiger charge is -2.13. The molecule has 4 aromatic rings. The number of ether oxygens (including phenoxy) is 1. The van der Waals surface area contributed by atoms with Gasteiger partial charge in [-0.05, 0) is 47.3 Å². The molecular weight excluding hydrogens is 332 g/mol. The van der Waals surface area contributed by atoms with E-state index in [0.29, 0.717) is 0 Å². The van der Waals surface area contributed by atoms with E-state index in [2.05, 4.69) is 24.0 Å². The quantitative estimate of drug-likeness (QED) is 0.475. The minimum Gasteiger partial charge on any atom is -0.507 e. The number of phenolic OH excluding ortho intramolecular Hbond substituents is 1. The molecule has 0 fully saturated rings. The first-order chi connectivity index (χ1) is 13.3. The van der Waals surface area contributed by atoms with Gasteiger partial charge in [-0.2, -0.15) is 0 Å². The van der Waals surface area contributed by atoms with Crippen LogP contribution in [-0.2, 0) is 0 Å². The number of hydrogen-bond acceptors (Lipinski definition) is 2. The molecular formula is C25H18O2. The van der Waals surface area contributed by atoms with Crippen LogP contribution in [0, 0.1) is 11.8 Å². The van der Waals surface area contributed by atoms with E-state index >= 15 is 0 Å². The number of methoxy groups -OCH3 is 1. The van der Waals surface area contributed by atoms with Crippen molar-refractivity contribution in [3.05, 3.63) is 96.1 Å². The summed E-state index contributed by atoms with van der Waals surface area (Å²) in [7, 11) is 1.64. The van der Waals surface area contributed by atoms with Crippen molar-refractivity contribution in [2.75, 3.05) is 7.11 Å². The van der Waals surface area contributed by atoms with Gasteiger partial charge in [-0.15, -0.1) is 0 Å². The highest BCUT2D eigenvalue weighted by Crippen LogP contribution is 2.38. The SMILES string of the molecule is COc1ccc2c(O)cc(C#Cc3ccccc3)c(-c3ccccc3)c2c1. The Bertz CT molecular complexity index is 1150. The van der Waals surface area contributed by atoms with E-state index in [4.69, 9.17) is 4.74 Å². The monoisotopic (exact) mass is 350 g/mol. The molecule has 0 atom stereocenters. The van der Waals surface area contributed by atoms with Crippen molar-refractivity contribution < 1.29 is 9.84 Å². The molecule has 0 aliphatic heterocycles. The molecule has 0 spiro atoms. The maximum absolute atomic E-state index is 10.6. The molecule has 2 heteroatoms. The molecule has 0 aliphatic carbocycles. The lowest BCUT2D eigenvalue weighted by Crippen LogP contribution is -1.90. The van der Waals surface area contributed by atoms with Crippen LogP contribution in [0.4, 0.5) is 0 Å². The fraction of sp³-hybridized carbons (Fsp3) is 0.0400. The molecule has 0 aromatic heterocycles. The summed E-state index contributed by atoms with van der Waals surface area (Å²) in [4.78, 5) is 0. The predicted octanol–water partition coefficient (Wildman–Crippen LogP) is 5.62. The molecule has 0 aliphatic rings. The van der Waals surface area contributed by atoms with Gasteiger partial charge in [0.1, 0.15) is 11.5 Å². The summed E-state index contributed by atoms with van der Waals surface area (Å²) in [5.41, 5.74) is 3.75. The summed E-state index contributed by atoms with van der Waals surface area (Å²) in [5.74, 6) is 7.40. The van der Waals surface area contributed by atoms with E-state index in [1.54, 1.807) is 13.2 Å². The van der Waals surface area contributed by atoms with Crippen molar-refractivity contribution in [3.8, 4) is 34.5 Å². The van der Waals surface area contributed by atoms with Gasteiger partial charge >= 0.3 is 0 Å².